The van der Waals surface area contributed by atoms with Gasteiger partial charge in [-0.15, -0.1) is 0 Å². The molecule has 1 fully saturated rings. The number of fused-ring (bicyclic) bond motifs is 2. The van der Waals surface area contributed by atoms with E-state index in [0.717, 1.165) is 0 Å². The van der Waals surface area contributed by atoms with E-state index in [-0.39, 0.29) is 30.1 Å². The predicted octanol–water partition coefficient (Wildman–Crippen LogP) is 5.88. The van der Waals surface area contributed by atoms with E-state index in [0.29, 0.717) is 11.3 Å². The van der Waals surface area contributed by atoms with E-state index >= 15 is 4.39 Å². The molecule has 4 rings (SSSR count). The van der Waals surface area contributed by atoms with Gasteiger partial charge in [0.1, 0.15) is 35.1 Å². The second-order valence-electron chi connectivity index (χ2n) is 10.6. The highest BCUT2D eigenvalue weighted by molar-refractivity contribution is 5.97. The molecule has 9 nitrogen and oxygen atoms in total. The smallest absolute Gasteiger partial charge is 0.342 e. The van der Waals surface area contributed by atoms with E-state index in [9.17, 15) is 9.59 Å². The Labute approximate surface area is 245 Å². The second kappa shape index (κ2) is 13.5. The minimum absolute atomic E-state index is 0.108. The molecule has 0 spiro atoms. The summed E-state index contributed by atoms with van der Waals surface area (Å²) in [6.45, 7) is 6.67. The number of rotatable bonds is 6. The first kappa shape index (κ1) is 31.2. The number of esters is 2. The van der Waals surface area contributed by atoms with Crippen LogP contribution < -0.4 is 9.47 Å². The highest BCUT2D eigenvalue weighted by Gasteiger charge is 2.48. The highest BCUT2D eigenvalue weighted by atomic mass is 19.1. The van der Waals surface area contributed by atoms with E-state index < -0.39 is 53.9 Å². The molecule has 0 bridgehead atoms. The van der Waals surface area contributed by atoms with Crippen LogP contribution in [0.4, 0.5) is 4.39 Å². The molecule has 1 saturated heterocycles. The third-order valence-corrected chi connectivity index (χ3v) is 7.03. The third-order valence-electron chi connectivity index (χ3n) is 7.03. The lowest BCUT2D eigenvalue weighted by Crippen LogP contribution is -2.39. The normalized spacial score (nSPS) is 25.7. The van der Waals surface area contributed by atoms with Crippen LogP contribution in [0.5, 0.6) is 11.5 Å². The molecule has 0 saturated carbocycles. The summed E-state index contributed by atoms with van der Waals surface area (Å²) in [5, 5.41) is 0. The van der Waals surface area contributed by atoms with Crippen LogP contribution in [0.15, 0.2) is 60.4 Å². The van der Waals surface area contributed by atoms with Crippen molar-refractivity contribution in [2.45, 2.75) is 64.3 Å². The van der Waals surface area contributed by atoms with Crippen molar-refractivity contribution in [3.05, 3.63) is 77.1 Å². The first-order valence-electron chi connectivity index (χ1n) is 13.7. The van der Waals surface area contributed by atoms with Crippen molar-refractivity contribution in [1.82, 2.24) is 0 Å². The zero-order valence-corrected chi connectivity index (χ0v) is 24.6. The van der Waals surface area contributed by atoms with Crippen LogP contribution >= 0.6 is 0 Å². The van der Waals surface area contributed by atoms with Crippen molar-refractivity contribution in [2.24, 2.45) is 5.92 Å². The van der Waals surface area contributed by atoms with Gasteiger partial charge in [0.15, 0.2) is 18.7 Å². The van der Waals surface area contributed by atoms with Crippen LogP contribution in [0, 0.1) is 5.92 Å². The minimum atomic E-state index is -1.41. The summed E-state index contributed by atoms with van der Waals surface area (Å²) in [5.41, 5.74) is 0.914. The second-order valence-corrected chi connectivity index (χ2v) is 10.6. The molecule has 226 valence electrons. The molecule has 42 heavy (non-hydrogen) atoms. The van der Waals surface area contributed by atoms with Crippen LogP contribution in [-0.4, -0.2) is 63.2 Å². The minimum Gasteiger partial charge on any atom is -0.497 e. The molecule has 2 aromatic carbocycles. The van der Waals surface area contributed by atoms with Gasteiger partial charge in [-0.2, -0.15) is 0 Å². The predicted molar refractivity (Wildman–Crippen MR) is 152 cm³/mol. The molecule has 0 radical (unpaired) electrons. The van der Waals surface area contributed by atoms with Gasteiger partial charge in [-0.1, -0.05) is 37.3 Å². The zero-order chi connectivity index (χ0) is 30.4. The van der Waals surface area contributed by atoms with Crippen molar-refractivity contribution in [1.29, 1.82) is 0 Å². The Morgan fingerprint density at radius 2 is 1.83 bits per heavy atom. The largest absolute Gasteiger partial charge is 0.497 e. The molecule has 2 aromatic rings. The summed E-state index contributed by atoms with van der Waals surface area (Å²) in [5.74, 6) is -3.12. The summed E-state index contributed by atoms with van der Waals surface area (Å²) in [7, 11) is 2.97. The van der Waals surface area contributed by atoms with Gasteiger partial charge in [-0.3, -0.25) is 0 Å². The van der Waals surface area contributed by atoms with Gasteiger partial charge < -0.3 is 33.2 Å². The number of hydrogen-bond donors (Lipinski definition) is 0. The van der Waals surface area contributed by atoms with Gasteiger partial charge in [-0.25, -0.2) is 14.0 Å². The molecule has 0 aromatic heterocycles. The monoisotopic (exact) mass is 584 g/mol. The van der Waals surface area contributed by atoms with Gasteiger partial charge in [0.2, 0.25) is 0 Å². The molecule has 2 heterocycles. The third kappa shape index (κ3) is 7.36. The molecule has 0 amide bonds. The van der Waals surface area contributed by atoms with Crippen molar-refractivity contribution >= 4 is 18.0 Å². The van der Waals surface area contributed by atoms with Gasteiger partial charge in [-0.05, 0) is 57.0 Å². The highest BCUT2D eigenvalue weighted by Crippen LogP contribution is 2.37. The average Bonchev–Trinajstić information content (AvgIpc) is 3.27. The summed E-state index contributed by atoms with van der Waals surface area (Å²) in [4.78, 5) is 26.5. The SMILES string of the molecule is COCOc1cc(OC)cc2c1C(=O)O[C@@H](C)[C@H](C)C=C(F)C(OC(=O)c1ccccc1)C1OC(C)(C)O[C@H]1CC=C2. The Morgan fingerprint density at radius 1 is 1.10 bits per heavy atom. The van der Waals surface area contributed by atoms with Gasteiger partial charge in [0, 0.05) is 19.1 Å². The Bertz CT molecular complexity index is 1320. The van der Waals surface area contributed by atoms with E-state index in [1.165, 1.54) is 20.3 Å². The number of carbonyl (C=O) groups is 2. The lowest BCUT2D eigenvalue weighted by molar-refractivity contribution is -0.154. The number of ether oxygens (including phenoxy) is 7. The number of hydrogen-bond acceptors (Lipinski definition) is 9. The maximum atomic E-state index is 16.1. The number of halogens is 1. The standard InChI is InChI=1S/C32H37FO9/c1-19-15-24(33)28(40-30(34)21-11-8-7-9-12-21)29-25(41-32(3,4)42-29)14-10-13-22-16-23(37-6)17-26(38-18-36-5)27(22)31(35)39-20(19)2/h7-13,15-17,19-20,25,28-29H,14,18H2,1-6H3/t19-,20+,25+,28?,29?/m1/s1. The number of benzene rings is 2. The van der Waals surface area contributed by atoms with Crippen molar-refractivity contribution in [3.8, 4) is 11.5 Å². The van der Waals surface area contributed by atoms with E-state index in [4.69, 9.17) is 33.2 Å². The zero-order valence-electron chi connectivity index (χ0n) is 24.6. The van der Waals surface area contributed by atoms with Crippen LogP contribution in [-0.2, 0) is 23.7 Å². The molecule has 2 aliphatic heterocycles. The molecule has 0 N–H and O–H groups in total. The maximum Gasteiger partial charge on any atom is 0.342 e. The maximum absolute atomic E-state index is 16.1. The van der Waals surface area contributed by atoms with Gasteiger partial charge in [0.05, 0.1) is 18.8 Å². The first-order valence-corrected chi connectivity index (χ1v) is 13.7. The number of carbonyl (C=O) groups excluding carboxylic acids is 2. The van der Waals surface area contributed by atoms with Crippen molar-refractivity contribution in [3.63, 3.8) is 0 Å². The average molecular weight is 585 g/mol. The van der Waals surface area contributed by atoms with Crippen LogP contribution in [0.3, 0.4) is 0 Å². The fourth-order valence-corrected chi connectivity index (χ4v) is 4.80. The summed E-state index contributed by atoms with van der Waals surface area (Å²) < 4.78 is 56.0. The topological polar surface area (TPSA) is 98.8 Å². The van der Waals surface area contributed by atoms with Crippen molar-refractivity contribution in [2.75, 3.05) is 21.0 Å². The Hall–Kier alpha value is -3.73. The lowest BCUT2D eigenvalue weighted by atomic mass is 9.98. The Kier molecular flexibility index (Phi) is 10.0. The molecule has 0 aliphatic carbocycles. The van der Waals surface area contributed by atoms with E-state index in [1.54, 1.807) is 82.3 Å². The van der Waals surface area contributed by atoms with Gasteiger partial charge in [0.25, 0.3) is 0 Å². The fourth-order valence-electron chi connectivity index (χ4n) is 4.80. The summed E-state index contributed by atoms with van der Waals surface area (Å²) in [6, 6.07) is 11.6. The van der Waals surface area contributed by atoms with E-state index in [1.807, 2.05) is 0 Å². The van der Waals surface area contributed by atoms with Gasteiger partial charge >= 0.3 is 11.9 Å². The quantitative estimate of drug-likeness (QED) is 0.305. The Morgan fingerprint density at radius 3 is 2.52 bits per heavy atom. The summed E-state index contributed by atoms with van der Waals surface area (Å²) in [6.07, 6.45) is 1.17. The Balaban J connectivity index is 1.78. The molecule has 10 heteroatoms. The summed E-state index contributed by atoms with van der Waals surface area (Å²) >= 11 is 0. The molecule has 2 unspecified atom stereocenters. The fraction of sp³-hybridized carbons (Fsp3) is 0.438. The molecular formula is C32H37FO9. The van der Waals surface area contributed by atoms with Crippen molar-refractivity contribution < 1.29 is 47.1 Å². The molecule has 5 atom stereocenters. The first-order chi connectivity index (χ1) is 20.0. The molecule has 2 aliphatic rings. The number of cyclic esters (lactones) is 1. The van der Waals surface area contributed by atoms with Crippen LogP contribution in [0.1, 0.15) is 60.4 Å². The van der Waals surface area contributed by atoms with Crippen LogP contribution in [0.2, 0.25) is 0 Å². The van der Waals surface area contributed by atoms with E-state index in [2.05, 4.69) is 0 Å². The van der Waals surface area contributed by atoms with Crippen LogP contribution in [0.25, 0.3) is 6.08 Å². The lowest BCUT2D eigenvalue weighted by Gasteiger charge is -2.27. The molecular weight excluding hydrogens is 547 g/mol. The number of methoxy groups -OCH3 is 2.